The van der Waals surface area contributed by atoms with Gasteiger partial charge in [0.1, 0.15) is 0 Å². The molecular weight excluding hydrogens is 338 g/mol. The van der Waals surface area contributed by atoms with Crippen molar-refractivity contribution in [3.8, 4) is 11.3 Å². The van der Waals surface area contributed by atoms with Crippen molar-refractivity contribution in [2.75, 3.05) is 6.54 Å². The van der Waals surface area contributed by atoms with Gasteiger partial charge in [-0.1, -0.05) is 30.3 Å². The Balaban J connectivity index is 1.81. The van der Waals surface area contributed by atoms with E-state index in [1.807, 2.05) is 0 Å². The number of nitrogens with zero attached hydrogens (tertiary/aromatic N) is 2. The Morgan fingerprint density at radius 1 is 0.963 bits per heavy atom. The topological polar surface area (TPSA) is 68.1 Å². The van der Waals surface area contributed by atoms with Gasteiger partial charge in [0, 0.05) is 29.6 Å². The van der Waals surface area contributed by atoms with Crippen LogP contribution >= 0.6 is 0 Å². The maximum atomic E-state index is 11.0. The van der Waals surface area contributed by atoms with E-state index in [1.54, 1.807) is 24.3 Å². The van der Waals surface area contributed by atoms with Crippen LogP contribution in [-0.4, -0.2) is 16.5 Å². The number of fused-ring (bicyclic) bond motifs is 5. The van der Waals surface area contributed by atoms with Gasteiger partial charge in [0.15, 0.2) is 0 Å². The van der Waals surface area contributed by atoms with E-state index in [4.69, 9.17) is 4.98 Å². The average molecular weight is 355 g/mol. The summed E-state index contributed by atoms with van der Waals surface area (Å²) in [5.74, 6) is 0. The highest BCUT2D eigenvalue weighted by Crippen LogP contribution is 2.36. The molecule has 0 spiro atoms. The Kier molecular flexibility index (Phi) is 3.62. The second-order valence-corrected chi connectivity index (χ2v) is 6.83. The third-order valence-electron chi connectivity index (χ3n) is 5.30. The zero-order chi connectivity index (χ0) is 18.4. The van der Waals surface area contributed by atoms with Crippen molar-refractivity contribution in [1.82, 2.24) is 10.3 Å². The number of nitrogens with one attached hydrogen (secondary N) is 1. The largest absolute Gasteiger partial charge is 0.312 e. The molecule has 0 atom stereocenters. The van der Waals surface area contributed by atoms with Crippen LogP contribution in [0.1, 0.15) is 11.1 Å². The molecule has 1 aliphatic heterocycles. The number of benzene rings is 3. The van der Waals surface area contributed by atoms with Crippen LogP contribution in [0.2, 0.25) is 0 Å². The zero-order valence-electron chi connectivity index (χ0n) is 14.6. The molecule has 5 nitrogen and oxygen atoms in total. The van der Waals surface area contributed by atoms with Crippen molar-refractivity contribution in [1.29, 1.82) is 0 Å². The van der Waals surface area contributed by atoms with E-state index in [0.29, 0.717) is 0 Å². The van der Waals surface area contributed by atoms with Gasteiger partial charge in [0.05, 0.1) is 16.1 Å². The minimum Gasteiger partial charge on any atom is -0.312 e. The lowest BCUT2D eigenvalue weighted by molar-refractivity contribution is -0.384. The van der Waals surface area contributed by atoms with Gasteiger partial charge in [-0.3, -0.25) is 10.1 Å². The molecule has 1 N–H and O–H groups in total. The highest BCUT2D eigenvalue weighted by atomic mass is 16.6. The lowest BCUT2D eigenvalue weighted by atomic mass is 9.90. The number of hydrogen-bond acceptors (Lipinski definition) is 4. The molecule has 2 heterocycles. The van der Waals surface area contributed by atoms with Crippen LogP contribution in [0.3, 0.4) is 0 Å². The average Bonchev–Trinajstić information content (AvgIpc) is 2.73. The second-order valence-electron chi connectivity index (χ2n) is 6.83. The molecule has 27 heavy (non-hydrogen) atoms. The van der Waals surface area contributed by atoms with Crippen molar-refractivity contribution >= 4 is 27.4 Å². The number of hydrogen-bond donors (Lipinski definition) is 1. The first-order chi connectivity index (χ1) is 13.2. The number of rotatable bonds is 2. The molecule has 0 unspecified atom stereocenters. The monoisotopic (exact) mass is 355 g/mol. The quantitative estimate of drug-likeness (QED) is 0.324. The molecule has 0 amide bonds. The van der Waals surface area contributed by atoms with Gasteiger partial charge in [-0.15, -0.1) is 0 Å². The molecule has 3 aromatic carbocycles. The Morgan fingerprint density at radius 3 is 2.59 bits per heavy atom. The first-order valence-electron chi connectivity index (χ1n) is 9.01. The highest BCUT2D eigenvalue weighted by molar-refractivity contribution is 6.09. The van der Waals surface area contributed by atoms with E-state index in [0.717, 1.165) is 36.3 Å². The van der Waals surface area contributed by atoms with E-state index in [1.165, 1.54) is 27.3 Å². The Labute approximate surface area is 155 Å². The maximum Gasteiger partial charge on any atom is 0.269 e. The summed E-state index contributed by atoms with van der Waals surface area (Å²) < 4.78 is 0. The standard InChI is InChI=1S/C22H17N3O2/c26-25(27)16-8-5-15(6-9-16)22-19-13-23-12-11-18(19)21-17-4-2-1-3-14(17)7-10-20(21)24-22/h1-10,23H,11-13H2. The van der Waals surface area contributed by atoms with E-state index < -0.39 is 0 Å². The molecule has 5 rings (SSSR count). The smallest absolute Gasteiger partial charge is 0.269 e. The number of pyridine rings is 1. The van der Waals surface area contributed by atoms with E-state index in [-0.39, 0.29) is 10.6 Å². The lowest BCUT2D eigenvalue weighted by Crippen LogP contribution is -2.25. The molecule has 0 fully saturated rings. The summed E-state index contributed by atoms with van der Waals surface area (Å²) in [5, 5.41) is 18.1. The number of aromatic nitrogens is 1. The molecule has 1 aromatic heterocycles. The highest BCUT2D eigenvalue weighted by Gasteiger charge is 2.20. The molecular formula is C22H17N3O2. The van der Waals surface area contributed by atoms with Crippen LogP contribution in [0.4, 0.5) is 5.69 Å². The van der Waals surface area contributed by atoms with E-state index in [2.05, 4.69) is 41.7 Å². The minimum atomic E-state index is -0.374. The van der Waals surface area contributed by atoms with Crippen molar-refractivity contribution in [3.63, 3.8) is 0 Å². The number of nitro benzene ring substituents is 1. The van der Waals surface area contributed by atoms with Crippen LogP contribution in [-0.2, 0) is 13.0 Å². The fraction of sp³-hybridized carbons (Fsp3) is 0.136. The minimum absolute atomic E-state index is 0.0949. The van der Waals surface area contributed by atoms with Gasteiger partial charge in [-0.2, -0.15) is 0 Å². The molecule has 1 aliphatic rings. The third-order valence-corrected chi connectivity index (χ3v) is 5.30. The Morgan fingerprint density at radius 2 is 1.78 bits per heavy atom. The van der Waals surface area contributed by atoms with Crippen molar-refractivity contribution < 1.29 is 4.92 Å². The molecule has 0 saturated heterocycles. The van der Waals surface area contributed by atoms with E-state index in [9.17, 15) is 10.1 Å². The normalized spacial score (nSPS) is 13.6. The van der Waals surface area contributed by atoms with Crippen molar-refractivity contribution in [2.24, 2.45) is 0 Å². The van der Waals surface area contributed by atoms with E-state index >= 15 is 0 Å². The summed E-state index contributed by atoms with van der Waals surface area (Å²) in [6.07, 6.45) is 0.947. The molecule has 0 radical (unpaired) electrons. The summed E-state index contributed by atoms with van der Waals surface area (Å²) in [4.78, 5) is 15.6. The second kappa shape index (κ2) is 6.14. The fourth-order valence-corrected chi connectivity index (χ4v) is 4.02. The van der Waals surface area contributed by atoms with Gasteiger partial charge >= 0.3 is 0 Å². The summed E-state index contributed by atoms with van der Waals surface area (Å²) in [6, 6.07) is 19.3. The van der Waals surface area contributed by atoms with Gasteiger partial charge in [0.2, 0.25) is 0 Å². The lowest BCUT2D eigenvalue weighted by Gasteiger charge is -2.23. The van der Waals surface area contributed by atoms with Gasteiger partial charge in [0.25, 0.3) is 5.69 Å². The van der Waals surface area contributed by atoms with Crippen LogP contribution in [0.5, 0.6) is 0 Å². The van der Waals surface area contributed by atoms with Crippen LogP contribution in [0.25, 0.3) is 32.9 Å². The molecule has 5 heteroatoms. The molecule has 0 aliphatic carbocycles. The van der Waals surface area contributed by atoms with Crippen molar-refractivity contribution in [3.05, 3.63) is 81.9 Å². The summed E-state index contributed by atoms with van der Waals surface area (Å²) in [5.41, 5.74) is 5.42. The van der Waals surface area contributed by atoms with Gasteiger partial charge < -0.3 is 5.32 Å². The molecule has 132 valence electrons. The number of nitro groups is 1. The molecule has 0 saturated carbocycles. The van der Waals surface area contributed by atoms with Crippen molar-refractivity contribution in [2.45, 2.75) is 13.0 Å². The van der Waals surface area contributed by atoms with Crippen LogP contribution in [0.15, 0.2) is 60.7 Å². The van der Waals surface area contributed by atoms with Gasteiger partial charge in [-0.25, -0.2) is 4.98 Å². The summed E-state index contributed by atoms with van der Waals surface area (Å²) >= 11 is 0. The van der Waals surface area contributed by atoms with Crippen LogP contribution in [0, 0.1) is 10.1 Å². The number of non-ortho nitro benzene ring substituents is 1. The van der Waals surface area contributed by atoms with Crippen LogP contribution < -0.4 is 5.32 Å². The molecule has 0 bridgehead atoms. The first kappa shape index (κ1) is 15.9. The predicted octanol–water partition coefficient (Wildman–Crippen LogP) is 4.61. The molecule has 4 aromatic rings. The fourth-order valence-electron chi connectivity index (χ4n) is 4.02. The van der Waals surface area contributed by atoms with Gasteiger partial charge in [-0.05, 0) is 53.1 Å². The predicted molar refractivity (Wildman–Crippen MR) is 107 cm³/mol. The first-order valence-corrected chi connectivity index (χ1v) is 9.01. The maximum absolute atomic E-state index is 11.0. The summed E-state index contributed by atoms with van der Waals surface area (Å²) in [7, 11) is 0. The Hall–Kier alpha value is -3.31. The Bertz CT molecular complexity index is 1200. The summed E-state index contributed by atoms with van der Waals surface area (Å²) in [6.45, 7) is 1.70. The third kappa shape index (κ3) is 2.55. The SMILES string of the molecule is O=[N+]([O-])c1ccc(-c2nc3ccc4ccccc4c3c3c2CNCC3)cc1. The zero-order valence-corrected chi connectivity index (χ0v) is 14.6.